The van der Waals surface area contributed by atoms with Gasteiger partial charge < -0.3 is 14.5 Å². The van der Waals surface area contributed by atoms with E-state index in [4.69, 9.17) is 14.5 Å². The molecule has 26 heavy (non-hydrogen) atoms. The molecule has 5 nitrogen and oxygen atoms in total. The van der Waals surface area contributed by atoms with E-state index in [0.717, 1.165) is 43.8 Å². The van der Waals surface area contributed by atoms with E-state index in [2.05, 4.69) is 4.98 Å². The second-order valence-corrected chi connectivity index (χ2v) is 7.20. The van der Waals surface area contributed by atoms with E-state index >= 15 is 0 Å². The van der Waals surface area contributed by atoms with Crippen LogP contribution in [0.2, 0.25) is 0 Å². The number of carbonyl (C=O) groups excluding carboxylic acids is 1. The summed E-state index contributed by atoms with van der Waals surface area (Å²) in [5.41, 5.74) is 5.00. The van der Waals surface area contributed by atoms with E-state index in [-0.39, 0.29) is 5.97 Å². The number of benzene rings is 1. The summed E-state index contributed by atoms with van der Waals surface area (Å²) < 4.78 is 10.5. The van der Waals surface area contributed by atoms with Gasteiger partial charge in [0.2, 0.25) is 0 Å². The Bertz CT molecular complexity index is 956. The van der Waals surface area contributed by atoms with Gasteiger partial charge in [-0.25, -0.2) is 9.78 Å². The predicted molar refractivity (Wildman–Crippen MR) is 104 cm³/mol. The minimum Gasteiger partial charge on any atom is -0.497 e. The maximum atomic E-state index is 12.2. The summed E-state index contributed by atoms with van der Waals surface area (Å²) in [6.07, 6.45) is 0. The van der Waals surface area contributed by atoms with Gasteiger partial charge in [-0.05, 0) is 45.4 Å². The van der Waals surface area contributed by atoms with Crippen LogP contribution in [0.4, 0.5) is 0 Å². The van der Waals surface area contributed by atoms with E-state index in [9.17, 15) is 4.79 Å². The zero-order valence-electron chi connectivity index (χ0n) is 15.6. The van der Waals surface area contributed by atoms with E-state index in [1.165, 1.54) is 0 Å². The summed E-state index contributed by atoms with van der Waals surface area (Å²) in [7, 11) is 1.65. The molecular formula is C20H22N2O3S. The molecule has 3 rings (SSSR count). The molecule has 0 unspecified atom stereocenters. The van der Waals surface area contributed by atoms with Crippen molar-refractivity contribution in [2.24, 2.45) is 0 Å². The normalized spacial score (nSPS) is 10.8. The number of hydrogen-bond acceptors (Lipinski definition) is 5. The number of carbonyl (C=O) groups is 1. The molecule has 0 fully saturated rings. The molecule has 0 aliphatic heterocycles. The highest BCUT2D eigenvalue weighted by molar-refractivity contribution is 7.15. The minimum absolute atomic E-state index is 0.300. The molecular weight excluding hydrogens is 348 g/mol. The molecule has 0 atom stereocenters. The Balaban J connectivity index is 2.05. The smallest absolute Gasteiger partial charge is 0.340 e. The molecule has 136 valence electrons. The largest absolute Gasteiger partial charge is 0.497 e. The fourth-order valence-electron chi connectivity index (χ4n) is 3.00. The maximum absolute atomic E-state index is 12.2. The Kier molecular flexibility index (Phi) is 5.13. The number of H-pyrrole nitrogens is 1. The third-order valence-corrected chi connectivity index (χ3v) is 5.29. The molecule has 0 radical (unpaired) electrons. The number of aromatic nitrogens is 2. The molecule has 0 bridgehead atoms. The van der Waals surface area contributed by atoms with Gasteiger partial charge >= 0.3 is 5.97 Å². The average Bonchev–Trinajstić information content (AvgIpc) is 3.14. The number of nitrogens with one attached hydrogen (secondary N) is 1. The molecule has 0 saturated carbocycles. The van der Waals surface area contributed by atoms with Crippen molar-refractivity contribution in [1.82, 2.24) is 9.97 Å². The van der Waals surface area contributed by atoms with Crippen LogP contribution in [0.1, 0.15) is 33.4 Å². The number of rotatable bonds is 5. The lowest BCUT2D eigenvalue weighted by molar-refractivity contribution is 0.0525. The molecule has 2 aromatic heterocycles. The number of ether oxygens (including phenoxy) is 2. The Hall–Kier alpha value is -2.60. The Labute approximate surface area is 157 Å². The predicted octanol–water partition coefficient (Wildman–Crippen LogP) is 4.92. The number of esters is 1. The first-order valence-corrected chi connectivity index (χ1v) is 9.26. The molecule has 0 aliphatic carbocycles. The molecule has 0 saturated heterocycles. The second-order valence-electron chi connectivity index (χ2n) is 6.00. The monoisotopic (exact) mass is 370 g/mol. The van der Waals surface area contributed by atoms with Crippen molar-refractivity contribution in [3.05, 3.63) is 46.0 Å². The van der Waals surface area contributed by atoms with Gasteiger partial charge in [-0.3, -0.25) is 0 Å². The SMILES string of the molecule is CCOC(=O)c1c(C)[nH]c(-c2nc(-c3cccc(OC)c3)sc2C)c1C. The molecule has 0 aliphatic rings. The minimum atomic E-state index is -0.300. The summed E-state index contributed by atoms with van der Waals surface area (Å²) in [6, 6.07) is 7.85. The number of thiazole rings is 1. The lowest BCUT2D eigenvalue weighted by Crippen LogP contribution is -2.06. The number of hydrogen-bond donors (Lipinski definition) is 1. The van der Waals surface area contributed by atoms with Gasteiger partial charge in [0.15, 0.2) is 0 Å². The van der Waals surface area contributed by atoms with Crippen molar-refractivity contribution in [3.8, 4) is 27.7 Å². The topological polar surface area (TPSA) is 64.2 Å². The van der Waals surface area contributed by atoms with Crippen LogP contribution in [-0.2, 0) is 4.74 Å². The Morgan fingerprint density at radius 2 is 2.04 bits per heavy atom. The quantitative estimate of drug-likeness (QED) is 0.648. The molecule has 1 N–H and O–H groups in total. The van der Waals surface area contributed by atoms with Gasteiger partial charge in [-0.2, -0.15) is 0 Å². The number of methoxy groups -OCH3 is 1. The molecule has 0 amide bonds. The summed E-state index contributed by atoms with van der Waals surface area (Å²) in [5, 5.41) is 0.917. The highest BCUT2D eigenvalue weighted by Gasteiger charge is 2.23. The lowest BCUT2D eigenvalue weighted by atomic mass is 10.1. The summed E-state index contributed by atoms with van der Waals surface area (Å²) >= 11 is 1.62. The molecule has 3 aromatic rings. The van der Waals surface area contributed by atoms with Crippen molar-refractivity contribution in [2.75, 3.05) is 13.7 Å². The first-order chi connectivity index (χ1) is 12.5. The van der Waals surface area contributed by atoms with Crippen LogP contribution in [0, 0.1) is 20.8 Å². The number of aromatic amines is 1. The van der Waals surface area contributed by atoms with Gasteiger partial charge in [0.25, 0.3) is 0 Å². The van der Waals surface area contributed by atoms with Crippen molar-refractivity contribution < 1.29 is 14.3 Å². The average molecular weight is 370 g/mol. The highest BCUT2D eigenvalue weighted by Crippen LogP contribution is 2.36. The summed E-state index contributed by atoms with van der Waals surface area (Å²) in [5.74, 6) is 0.499. The fraction of sp³-hybridized carbons (Fsp3) is 0.300. The van der Waals surface area contributed by atoms with Crippen LogP contribution in [0.25, 0.3) is 22.0 Å². The first-order valence-electron chi connectivity index (χ1n) is 8.44. The fourth-order valence-corrected chi connectivity index (χ4v) is 3.92. The van der Waals surface area contributed by atoms with Gasteiger partial charge in [0.05, 0.1) is 25.0 Å². The van der Waals surface area contributed by atoms with Crippen LogP contribution in [0.5, 0.6) is 5.75 Å². The molecule has 6 heteroatoms. The van der Waals surface area contributed by atoms with Crippen LogP contribution in [0.15, 0.2) is 24.3 Å². The summed E-state index contributed by atoms with van der Waals surface area (Å²) in [4.78, 5) is 21.5. The van der Waals surface area contributed by atoms with Crippen LogP contribution < -0.4 is 4.74 Å². The van der Waals surface area contributed by atoms with Crippen LogP contribution >= 0.6 is 11.3 Å². The first kappa shape index (κ1) is 18.2. The van der Waals surface area contributed by atoms with Gasteiger partial charge in [0.1, 0.15) is 16.5 Å². The zero-order chi connectivity index (χ0) is 18.8. The molecule has 2 heterocycles. The van der Waals surface area contributed by atoms with Gasteiger partial charge in [-0.15, -0.1) is 11.3 Å². The van der Waals surface area contributed by atoms with Crippen molar-refractivity contribution in [2.45, 2.75) is 27.7 Å². The number of aryl methyl sites for hydroxylation is 2. The van der Waals surface area contributed by atoms with Crippen molar-refractivity contribution in [1.29, 1.82) is 0 Å². The Morgan fingerprint density at radius 3 is 2.73 bits per heavy atom. The summed E-state index contributed by atoms with van der Waals surface area (Å²) in [6.45, 7) is 8.01. The van der Waals surface area contributed by atoms with E-state index < -0.39 is 0 Å². The third kappa shape index (κ3) is 3.24. The number of nitrogens with zero attached hydrogens (tertiary/aromatic N) is 1. The second kappa shape index (κ2) is 7.33. The van der Waals surface area contributed by atoms with E-state index in [1.54, 1.807) is 25.4 Å². The standard InChI is InChI=1S/C20H22N2O3S/c1-6-25-20(23)16-11(2)17(21-12(16)3)18-13(4)26-19(22-18)14-8-7-9-15(10-14)24-5/h7-10,21H,6H2,1-5H3. The lowest BCUT2D eigenvalue weighted by Gasteiger charge is -2.02. The molecule has 0 spiro atoms. The van der Waals surface area contributed by atoms with Gasteiger partial charge in [-0.1, -0.05) is 12.1 Å². The van der Waals surface area contributed by atoms with Crippen molar-refractivity contribution >= 4 is 17.3 Å². The van der Waals surface area contributed by atoms with E-state index in [0.29, 0.717) is 12.2 Å². The van der Waals surface area contributed by atoms with Gasteiger partial charge in [0, 0.05) is 16.1 Å². The zero-order valence-corrected chi connectivity index (χ0v) is 16.4. The third-order valence-electron chi connectivity index (χ3n) is 4.27. The van der Waals surface area contributed by atoms with Crippen molar-refractivity contribution in [3.63, 3.8) is 0 Å². The Morgan fingerprint density at radius 1 is 1.27 bits per heavy atom. The molecule has 1 aromatic carbocycles. The maximum Gasteiger partial charge on any atom is 0.340 e. The van der Waals surface area contributed by atoms with Crippen LogP contribution in [-0.4, -0.2) is 29.7 Å². The van der Waals surface area contributed by atoms with E-state index in [1.807, 2.05) is 45.0 Å². The highest BCUT2D eigenvalue weighted by atomic mass is 32.1. The van der Waals surface area contributed by atoms with Crippen LogP contribution in [0.3, 0.4) is 0 Å².